The Bertz CT molecular complexity index is 662. The van der Waals surface area contributed by atoms with Crippen molar-refractivity contribution in [1.29, 1.82) is 0 Å². The monoisotopic (exact) mass is 316 g/mol. The van der Waals surface area contributed by atoms with Crippen molar-refractivity contribution in [2.45, 2.75) is 10.6 Å². The second-order valence-electron chi connectivity index (χ2n) is 3.94. The van der Waals surface area contributed by atoms with Gasteiger partial charge in [0.2, 0.25) is 0 Å². The van der Waals surface area contributed by atoms with E-state index in [-0.39, 0.29) is 5.75 Å². The van der Waals surface area contributed by atoms with E-state index < -0.39 is 9.84 Å². The summed E-state index contributed by atoms with van der Waals surface area (Å²) < 4.78 is 30.3. The van der Waals surface area contributed by atoms with Crippen LogP contribution in [-0.2, 0) is 16.3 Å². The Kier molecular flexibility index (Phi) is 4.50. The van der Waals surface area contributed by atoms with Crippen LogP contribution in [0, 0.1) is 0 Å². The number of halogens is 1. The van der Waals surface area contributed by atoms with Crippen LogP contribution in [0.1, 0.15) is 5.56 Å². The van der Waals surface area contributed by atoms with Crippen LogP contribution in [0.3, 0.4) is 0 Å². The van der Waals surface area contributed by atoms with E-state index in [4.69, 9.17) is 16.3 Å². The molecule has 1 heterocycles. The minimum absolute atomic E-state index is 0.0458. The lowest BCUT2D eigenvalue weighted by molar-refractivity contribution is 0.410. The molecule has 0 unspecified atom stereocenters. The predicted molar refractivity (Wildman–Crippen MR) is 78.1 cm³/mol. The molecule has 0 saturated carbocycles. The second-order valence-corrected chi connectivity index (χ2v) is 7.99. The molecular formula is C13H13ClO3S2. The zero-order valence-corrected chi connectivity index (χ0v) is 12.7. The first kappa shape index (κ1) is 14.4. The molecule has 0 amide bonds. The summed E-state index contributed by atoms with van der Waals surface area (Å²) in [5.41, 5.74) is 0.885. The van der Waals surface area contributed by atoms with Gasteiger partial charge < -0.3 is 4.74 Å². The van der Waals surface area contributed by atoms with Crippen molar-refractivity contribution >= 4 is 32.8 Å². The zero-order chi connectivity index (χ0) is 13.9. The molecule has 0 atom stereocenters. The maximum atomic E-state index is 12.1. The number of benzene rings is 1. The smallest absolute Gasteiger partial charge is 0.188 e. The molecule has 0 bridgehead atoms. The molecule has 2 rings (SSSR count). The molecule has 0 aliphatic heterocycles. The topological polar surface area (TPSA) is 43.4 Å². The van der Waals surface area contributed by atoms with Crippen LogP contribution in [0.25, 0.3) is 0 Å². The Morgan fingerprint density at radius 3 is 2.58 bits per heavy atom. The minimum atomic E-state index is -3.28. The lowest BCUT2D eigenvalue weighted by Gasteiger charge is -2.07. The number of hydrogen-bond acceptors (Lipinski definition) is 4. The van der Waals surface area contributed by atoms with E-state index >= 15 is 0 Å². The first-order valence-electron chi connectivity index (χ1n) is 5.63. The summed E-state index contributed by atoms with van der Waals surface area (Å²) in [7, 11) is -1.71. The van der Waals surface area contributed by atoms with Crippen molar-refractivity contribution in [3.63, 3.8) is 0 Å². The molecule has 6 heteroatoms. The van der Waals surface area contributed by atoms with Crippen LogP contribution < -0.4 is 4.74 Å². The van der Waals surface area contributed by atoms with E-state index in [1.165, 1.54) is 0 Å². The maximum absolute atomic E-state index is 12.1. The van der Waals surface area contributed by atoms with E-state index in [0.29, 0.717) is 20.7 Å². The number of aryl methyl sites for hydroxylation is 1. The molecule has 0 aliphatic rings. The number of methoxy groups -OCH3 is 1. The molecular weight excluding hydrogens is 304 g/mol. The predicted octanol–water partition coefficient (Wildman–Crippen LogP) is 3.43. The second kappa shape index (κ2) is 5.94. The third-order valence-corrected chi connectivity index (χ3v) is 6.22. The van der Waals surface area contributed by atoms with Crippen LogP contribution in [0.5, 0.6) is 5.75 Å². The van der Waals surface area contributed by atoms with Gasteiger partial charge in [-0.1, -0.05) is 29.8 Å². The highest BCUT2D eigenvalue weighted by atomic mass is 35.5. The Balaban J connectivity index is 2.14. The van der Waals surface area contributed by atoms with Crippen molar-refractivity contribution < 1.29 is 13.2 Å². The maximum Gasteiger partial charge on any atom is 0.188 e. The van der Waals surface area contributed by atoms with Crippen molar-refractivity contribution in [2.75, 3.05) is 12.9 Å². The van der Waals surface area contributed by atoms with E-state index in [9.17, 15) is 8.42 Å². The largest absolute Gasteiger partial charge is 0.496 e. The molecule has 3 nitrogen and oxygen atoms in total. The Hall–Kier alpha value is -1.04. The highest BCUT2D eigenvalue weighted by Crippen LogP contribution is 2.27. The van der Waals surface area contributed by atoms with Gasteiger partial charge in [-0.2, -0.15) is 0 Å². The average Bonchev–Trinajstić information content (AvgIpc) is 2.84. The number of para-hydroxylation sites is 1. The third-order valence-electron chi connectivity index (χ3n) is 2.69. The molecule has 19 heavy (non-hydrogen) atoms. The highest BCUT2D eigenvalue weighted by Gasteiger charge is 2.17. The number of thiophene rings is 1. The minimum Gasteiger partial charge on any atom is -0.496 e. The van der Waals surface area contributed by atoms with Gasteiger partial charge in [-0.25, -0.2) is 8.42 Å². The first-order valence-corrected chi connectivity index (χ1v) is 8.47. The van der Waals surface area contributed by atoms with E-state index in [1.807, 2.05) is 24.3 Å². The summed E-state index contributed by atoms with van der Waals surface area (Å²) >= 11 is 6.85. The van der Waals surface area contributed by atoms with Crippen LogP contribution in [-0.4, -0.2) is 21.3 Å². The number of rotatable bonds is 5. The van der Waals surface area contributed by atoms with Gasteiger partial charge >= 0.3 is 0 Å². The fraction of sp³-hybridized carbons (Fsp3) is 0.231. The normalized spacial score (nSPS) is 11.5. The standard InChI is InChI=1S/C13H13ClO3S2/c1-17-11-5-3-2-4-10(11)8-9-19(15,16)13-7-6-12(14)18-13/h2-7H,8-9H2,1H3. The summed E-state index contributed by atoms with van der Waals surface area (Å²) in [5.74, 6) is 0.756. The summed E-state index contributed by atoms with van der Waals surface area (Å²) in [4.78, 5) is 0. The highest BCUT2D eigenvalue weighted by molar-refractivity contribution is 7.93. The van der Waals surface area contributed by atoms with Gasteiger partial charge in [0.05, 0.1) is 17.2 Å². The summed E-state index contributed by atoms with van der Waals surface area (Å²) in [6.45, 7) is 0. The molecule has 0 saturated heterocycles. The fourth-order valence-corrected chi connectivity index (χ4v) is 4.63. The van der Waals surface area contributed by atoms with E-state index in [2.05, 4.69) is 0 Å². The molecule has 2 aromatic rings. The lowest BCUT2D eigenvalue weighted by atomic mass is 10.1. The zero-order valence-electron chi connectivity index (χ0n) is 10.3. The number of ether oxygens (including phenoxy) is 1. The lowest BCUT2D eigenvalue weighted by Crippen LogP contribution is -2.08. The van der Waals surface area contributed by atoms with Crippen molar-refractivity contribution in [3.05, 3.63) is 46.3 Å². The first-order chi connectivity index (χ1) is 9.03. The molecule has 1 aromatic carbocycles. The third kappa shape index (κ3) is 3.49. The average molecular weight is 317 g/mol. The van der Waals surface area contributed by atoms with Gasteiger partial charge in [0.1, 0.15) is 9.96 Å². The molecule has 1 aromatic heterocycles. The molecule has 0 spiro atoms. The van der Waals surface area contributed by atoms with Gasteiger partial charge in [-0.3, -0.25) is 0 Å². The Labute approximate surface area is 121 Å². The van der Waals surface area contributed by atoms with Gasteiger partial charge in [0.15, 0.2) is 9.84 Å². The van der Waals surface area contributed by atoms with Crippen molar-refractivity contribution in [2.24, 2.45) is 0 Å². The molecule has 102 valence electrons. The summed E-state index contributed by atoms with van der Waals surface area (Å²) in [6.07, 6.45) is 0.419. The summed E-state index contributed by atoms with van der Waals surface area (Å²) in [6, 6.07) is 10.6. The van der Waals surface area contributed by atoms with E-state index in [1.54, 1.807) is 19.2 Å². The molecule has 0 aliphatic carbocycles. The van der Waals surface area contributed by atoms with Crippen molar-refractivity contribution in [1.82, 2.24) is 0 Å². The summed E-state index contributed by atoms with van der Waals surface area (Å²) in [5, 5.41) is 0. The van der Waals surface area contributed by atoms with Gasteiger partial charge in [-0.15, -0.1) is 11.3 Å². The fourth-order valence-electron chi connectivity index (χ4n) is 1.72. The SMILES string of the molecule is COc1ccccc1CCS(=O)(=O)c1ccc(Cl)s1. The van der Waals surface area contributed by atoms with E-state index in [0.717, 1.165) is 16.9 Å². The molecule has 0 fully saturated rings. The Morgan fingerprint density at radius 1 is 1.21 bits per heavy atom. The van der Waals surface area contributed by atoms with Crippen LogP contribution in [0.2, 0.25) is 4.34 Å². The quantitative estimate of drug-likeness (QED) is 0.849. The van der Waals surface area contributed by atoms with Gasteiger partial charge in [0, 0.05) is 0 Å². The van der Waals surface area contributed by atoms with Crippen molar-refractivity contribution in [3.8, 4) is 5.75 Å². The molecule has 0 radical (unpaired) electrons. The molecule has 0 N–H and O–H groups in total. The van der Waals surface area contributed by atoms with Crippen LogP contribution in [0.15, 0.2) is 40.6 Å². The van der Waals surface area contributed by atoms with Crippen LogP contribution in [0.4, 0.5) is 0 Å². The Morgan fingerprint density at radius 2 is 1.95 bits per heavy atom. The number of hydrogen-bond donors (Lipinski definition) is 0. The number of sulfone groups is 1. The van der Waals surface area contributed by atoms with Gasteiger partial charge in [0.25, 0.3) is 0 Å². The van der Waals surface area contributed by atoms with Crippen LogP contribution >= 0.6 is 22.9 Å². The van der Waals surface area contributed by atoms with Gasteiger partial charge in [-0.05, 0) is 30.2 Å².